The van der Waals surface area contributed by atoms with Gasteiger partial charge in [-0.25, -0.2) is 0 Å². The Kier molecular flexibility index (Phi) is 6.99. The monoisotopic (exact) mass is 283 g/mol. The molecule has 0 unspecified atom stereocenters. The summed E-state index contributed by atoms with van der Waals surface area (Å²) in [6, 6.07) is 8.55. The zero-order valence-corrected chi connectivity index (χ0v) is 11.3. The van der Waals surface area contributed by atoms with Crippen LogP contribution in [0.3, 0.4) is 0 Å². The van der Waals surface area contributed by atoms with Crippen LogP contribution in [0.1, 0.15) is 12.0 Å². The number of hydrogen-bond acceptors (Lipinski definition) is 5. The highest BCUT2D eigenvalue weighted by molar-refractivity contribution is 7.99. The molecule has 1 rings (SSSR count). The second kappa shape index (κ2) is 8.55. The average molecular weight is 283 g/mol. The van der Waals surface area contributed by atoms with Gasteiger partial charge in [0, 0.05) is 0 Å². The number of carboxylic acids is 1. The van der Waals surface area contributed by atoms with E-state index in [1.165, 1.54) is 11.8 Å². The van der Waals surface area contributed by atoms with Crippen molar-refractivity contribution in [3.05, 3.63) is 35.9 Å². The van der Waals surface area contributed by atoms with E-state index in [9.17, 15) is 9.59 Å². The van der Waals surface area contributed by atoms with Crippen molar-refractivity contribution in [2.45, 2.75) is 19.1 Å². The predicted octanol–water partition coefficient (Wildman–Crippen LogP) is 1.26. The van der Waals surface area contributed by atoms with E-state index in [0.717, 1.165) is 5.56 Å². The Labute approximate surface area is 116 Å². The van der Waals surface area contributed by atoms with Crippen LogP contribution in [0.2, 0.25) is 0 Å². The molecule has 0 aliphatic heterocycles. The van der Waals surface area contributed by atoms with Crippen LogP contribution in [0.15, 0.2) is 30.3 Å². The Hall–Kier alpha value is -1.53. The molecule has 5 nitrogen and oxygen atoms in total. The lowest BCUT2D eigenvalue weighted by molar-refractivity contribution is -0.141. The van der Waals surface area contributed by atoms with Crippen LogP contribution in [0.5, 0.6) is 0 Å². The lowest BCUT2D eigenvalue weighted by Gasteiger charge is -2.06. The molecule has 6 heteroatoms. The van der Waals surface area contributed by atoms with E-state index >= 15 is 0 Å². The summed E-state index contributed by atoms with van der Waals surface area (Å²) in [5.41, 5.74) is 6.28. The SMILES string of the molecule is N[C@@H](CCSCC(=O)OCc1ccccc1)C(=O)O. The Morgan fingerprint density at radius 3 is 2.63 bits per heavy atom. The van der Waals surface area contributed by atoms with Crippen molar-refractivity contribution < 1.29 is 19.4 Å². The van der Waals surface area contributed by atoms with E-state index in [4.69, 9.17) is 15.6 Å². The molecule has 0 saturated carbocycles. The molecule has 0 amide bonds. The number of esters is 1. The van der Waals surface area contributed by atoms with Gasteiger partial charge in [-0.2, -0.15) is 11.8 Å². The van der Waals surface area contributed by atoms with Crippen molar-refractivity contribution in [1.82, 2.24) is 0 Å². The standard InChI is InChI=1S/C13H17NO4S/c14-11(13(16)17)6-7-19-9-12(15)18-8-10-4-2-1-3-5-10/h1-5,11H,6-9,14H2,(H,16,17)/t11-/m0/s1. The molecular formula is C13H17NO4S. The number of ether oxygens (including phenoxy) is 1. The second-order valence-corrected chi connectivity index (χ2v) is 5.04. The molecule has 0 fully saturated rings. The molecule has 0 spiro atoms. The van der Waals surface area contributed by atoms with Crippen molar-refractivity contribution in [3.8, 4) is 0 Å². The predicted molar refractivity (Wildman–Crippen MR) is 73.8 cm³/mol. The van der Waals surface area contributed by atoms with Gasteiger partial charge in [-0.05, 0) is 17.7 Å². The second-order valence-electron chi connectivity index (χ2n) is 3.93. The minimum Gasteiger partial charge on any atom is -0.480 e. The molecule has 3 N–H and O–H groups in total. The van der Waals surface area contributed by atoms with Gasteiger partial charge in [-0.3, -0.25) is 9.59 Å². The summed E-state index contributed by atoms with van der Waals surface area (Å²) in [5, 5.41) is 8.57. The van der Waals surface area contributed by atoms with Crippen LogP contribution in [0.25, 0.3) is 0 Å². The van der Waals surface area contributed by atoms with Crippen molar-refractivity contribution in [3.63, 3.8) is 0 Å². The Morgan fingerprint density at radius 1 is 1.32 bits per heavy atom. The molecule has 0 bridgehead atoms. The Morgan fingerprint density at radius 2 is 2.00 bits per heavy atom. The first-order chi connectivity index (χ1) is 9.09. The van der Waals surface area contributed by atoms with Crippen molar-refractivity contribution in [2.24, 2.45) is 5.73 Å². The third kappa shape index (κ3) is 6.83. The minimum atomic E-state index is -1.02. The van der Waals surface area contributed by atoms with Crippen LogP contribution >= 0.6 is 11.8 Å². The van der Waals surface area contributed by atoms with E-state index in [1.54, 1.807) is 0 Å². The number of carbonyl (C=O) groups is 2. The number of hydrogen-bond donors (Lipinski definition) is 2. The Bertz CT molecular complexity index is 410. The quantitative estimate of drug-likeness (QED) is 0.551. The summed E-state index contributed by atoms with van der Waals surface area (Å²) >= 11 is 1.32. The van der Waals surface area contributed by atoms with Gasteiger partial charge < -0.3 is 15.6 Å². The number of nitrogens with two attached hydrogens (primary N) is 1. The van der Waals surface area contributed by atoms with E-state index in [1.807, 2.05) is 30.3 Å². The van der Waals surface area contributed by atoms with Gasteiger partial charge in [0.15, 0.2) is 0 Å². The van der Waals surface area contributed by atoms with Crippen LogP contribution in [0.4, 0.5) is 0 Å². The number of rotatable bonds is 8. The van der Waals surface area contributed by atoms with Crippen LogP contribution in [-0.4, -0.2) is 34.6 Å². The number of carboxylic acid groups (broad SMARTS) is 1. The number of aliphatic carboxylic acids is 1. The number of thioether (sulfide) groups is 1. The molecule has 0 heterocycles. The van der Waals surface area contributed by atoms with Gasteiger partial charge >= 0.3 is 11.9 Å². The smallest absolute Gasteiger partial charge is 0.320 e. The number of carbonyl (C=O) groups excluding carboxylic acids is 1. The minimum absolute atomic E-state index is 0.208. The highest BCUT2D eigenvalue weighted by atomic mass is 32.2. The van der Waals surface area contributed by atoms with Crippen molar-refractivity contribution >= 4 is 23.7 Å². The highest BCUT2D eigenvalue weighted by Crippen LogP contribution is 2.07. The molecule has 0 radical (unpaired) electrons. The van der Waals surface area contributed by atoms with Crippen LogP contribution < -0.4 is 5.73 Å². The molecule has 19 heavy (non-hydrogen) atoms. The molecule has 1 atom stereocenters. The van der Waals surface area contributed by atoms with E-state index in [-0.39, 0.29) is 18.3 Å². The van der Waals surface area contributed by atoms with Gasteiger partial charge in [0.25, 0.3) is 0 Å². The van der Waals surface area contributed by atoms with E-state index in [2.05, 4.69) is 0 Å². The fraction of sp³-hybridized carbons (Fsp3) is 0.385. The number of benzene rings is 1. The summed E-state index contributed by atoms with van der Waals surface area (Å²) in [7, 11) is 0. The van der Waals surface area contributed by atoms with Crippen molar-refractivity contribution in [1.29, 1.82) is 0 Å². The zero-order valence-electron chi connectivity index (χ0n) is 10.5. The normalized spacial score (nSPS) is 11.8. The molecule has 0 saturated heterocycles. The first kappa shape index (κ1) is 15.5. The third-order valence-corrected chi connectivity index (χ3v) is 3.32. The van der Waals surface area contributed by atoms with Gasteiger partial charge in [0.05, 0.1) is 5.75 Å². The van der Waals surface area contributed by atoms with Gasteiger partial charge in [0.2, 0.25) is 0 Å². The fourth-order valence-corrected chi connectivity index (χ4v) is 2.08. The van der Waals surface area contributed by atoms with Crippen LogP contribution in [-0.2, 0) is 20.9 Å². The first-order valence-corrected chi connectivity index (χ1v) is 7.00. The van der Waals surface area contributed by atoms with Gasteiger partial charge in [-0.15, -0.1) is 0 Å². The molecule has 1 aromatic rings. The zero-order chi connectivity index (χ0) is 14.1. The maximum Gasteiger partial charge on any atom is 0.320 e. The summed E-state index contributed by atoms with van der Waals surface area (Å²) in [4.78, 5) is 21.9. The maximum absolute atomic E-state index is 11.4. The molecule has 0 aliphatic rings. The largest absolute Gasteiger partial charge is 0.480 e. The molecule has 0 aliphatic carbocycles. The average Bonchev–Trinajstić information content (AvgIpc) is 2.42. The summed E-state index contributed by atoms with van der Waals surface area (Å²) in [6.45, 7) is 0.259. The third-order valence-electron chi connectivity index (χ3n) is 2.35. The topological polar surface area (TPSA) is 89.6 Å². The fourth-order valence-electron chi connectivity index (χ4n) is 1.27. The molecule has 0 aromatic heterocycles. The lowest BCUT2D eigenvalue weighted by Crippen LogP contribution is -2.30. The lowest BCUT2D eigenvalue weighted by atomic mass is 10.2. The molecule has 1 aromatic carbocycles. The first-order valence-electron chi connectivity index (χ1n) is 5.85. The van der Waals surface area contributed by atoms with Gasteiger partial charge in [-0.1, -0.05) is 30.3 Å². The maximum atomic E-state index is 11.4. The summed E-state index contributed by atoms with van der Waals surface area (Å²) in [5.74, 6) is -0.599. The molecular weight excluding hydrogens is 266 g/mol. The van der Waals surface area contributed by atoms with E-state index < -0.39 is 12.0 Å². The summed E-state index contributed by atoms with van der Waals surface area (Å²) in [6.07, 6.45) is 0.339. The van der Waals surface area contributed by atoms with Crippen LogP contribution in [0, 0.1) is 0 Å². The summed E-state index contributed by atoms with van der Waals surface area (Å²) < 4.78 is 5.08. The van der Waals surface area contributed by atoms with Gasteiger partial charge in [0.1, 0.15) is 12.6 Å². The Balaban J connectivity index is 2.10. The molecule has 104 valence electrons. The highest BCUT2D eigenvalue weighted by Gasteiger charge is 2.11. The van der Waals surface area contributed by atoms with Crippen molar-refractivity contribution in [2.75, 3.05) is 11.5 Å². The van der Waals surface area contributed by atoms with E-state index in [0.29, 0.717) is 12.2 Å².